The smallest absolute Gasteiger partial charge is 0.136 e. The van der Waals surface area contributed by atoms with Crippen molar-refractivity contribution in [1.29, 1.82) is 0 Å². The summed E-state index contributed by atoms with van der Waals surface area (Å²) in [5.74, 6) is 0.868. The molecule has 105 heavy (non-hydrogen) atoms. The maximum atomic E-state index is 6.87. The van der Waals surface area contributed by atoms with Crippen LogP contribution < -0.4 is 15.4 Å². The molecule has 15 aromatic carbocycles. The van der Waals surface area contributed by atoms with Crippen LogP contribution in [0, 0.1) is 0 Å². The summed E-state index contributed by atoms with van der Waals surface area (Å²) < 4.78 is 47.9. The molecule has 2 unspecified atom stereocenters. The molecule has 0 radical (unpaired) electrons. The minimum absolute atomic E-state index is 0.0264. The van der Waals surface area contributed by atoms with Crippen LogP contribution in [0.4, 0.5) is 0 Å². The highest BCUT2D eigenvalue weighted by atomic mass is 16.5. The zero-order valence-corrected chi connectivity index (χ0v) is 55.9. The number of benzene rings is 15. The fourth-order valence-electron chi connectivity index (χ4n) is 18.1. The van der Waals surface area contributed by atoms with E-state index in [-0.39, 0.29) is 12.0 Å². The van der Waals surface area contributed by atoms with E-state index in [0.29, 0.717) is 0 Å². The lowest BCUT2D eigenvalue weighted by Crippen LogP contribution is -2.32. The van der Waals surface area contributed by atoms with Crippen molar-refractivity contribution >= 4 is 176 Å². The van der Waals surface area contributed by atoms with Crippen molar-refractivity contribution in [2.24, 2.45) is 0 Å². The van der Waals surface area contributed by atoms with Gasteiger partial charge in [0.2, 0.25) is 0 Å². The van der Waals surface area contributed by atoms with E-state index in [0.717, 1.165) is 193 Å². The largest absolute Gasteiger partial charge is 0.485 e. The Kier molecular flexibility index (Phi) is 10.8. The molecule has 2 atom stereocenters. The third kappa shape index (κ3) is 7.84. The zero-order valence-electron chi connectivity index (χ0n) is 55.9. The van der Waals surface area contributed by atoms with Gasteiger partial charge in [0.15, 0.2) is 0 Å². The molecule has 0 saturated carbocycles. The topological polar surface area (TPSA) is 89.7 Å². The van der Waals surface area contributed by atoms with Crippen LogP contribution in [0.1, 0.15) is 11.5 Å². The lowest BCUT2D eigenvalue weighted by atomic mass is 9.90. The van der Waals surface area contributed by atoms with Gasteiger partial charge in [-0.25, -0.2) is 0 Å². The van der Waals surface area contributed by atoms with Gasteiger partial charge in [-0.05, 0) is 215 Å². The lowest BCUT2D eigenvalue weighted by Gasteiger charge is -2.14. The van der Waals surface area contributed by atoms with E-state index in [1.54, 1.807) is 0 Å². The number of nitrogens with zero attached hydrogens (tertiary/aromatic N) is 3. The molecule has 9 nitrogen and oxygen atoms in total. The van der Waals surface area contributed by atoms with Crippen LogP contribution in [0.2, 0.25) is 0 Å². The molecule has 0 amide bonds. The number of ether oxygens (including phenoxy) is 1. The molecule has 1 aliphatic carbocycles. The predicted molar refractivity (Wildman–Crippen MR) is 426 cm³/mol. The maximum Gasteiger partial charge on any atom is 0.136 e. The Labute approximate surface area is 594 Å². The van der Waals surface area contributed by atoms with Crippen LogP contribution in [0.25, 0.3) is 227 Å². The Morgan fingerprint density at radius 1 is 0.219 bits per heavy atom. The number of furan rings is 5. The van der Waals surface area contributed by atoms with E-state index in [1.165, 1.54) is 43.4 Å². The van der Waals surface area contributed by atoms with Crippen LogP contribution in [0.15, 0.2) is 319 Å². The highest BCUT2D eigenvalue weighted by Gasteiger charge is 2.35. The normalized spacial score (nSPS) is 14.5. The van der Waals surface area contributed by atoms with Gasteiger partial charge in [-0.15, -0.1) is 0 Å². The van der Waals surface area contributed by atoms with E-state index in [1.807, 2.05) is 0 Å². The first-order valence-corrected chi connectivity index (χ1v) is 35.8. The van der Waals surface area contributed by atoms with Crippen molar-refractivity contribution < 1.29 is 26.8 Å². The van der Waals surface area contributed by atoms with Crippen LogP contribution in [-0.2, 0) is 0 Å². The van der Waals surface area contributed by atoms with Crippen molar-refractivity contribution in [1.82, 2.24) is 13.7 Å². The Morgan fingerprint density at radius 2 is 0.533 bits per heavy atom. The SMILES string of the molecule is C1=c2oc3ccc(-c4cc(-c5ccc6oc7cc8c(cc7c6c5)oc5ccc(-n6c7ccccc7c7ccccc76)cc58)cc(-c5ccc6oc7cc8c(cc7c6c5)oc5ccc(-n6c7ccccc7c7ccccc76)cc58)c4)cc3c2=CC2Oc3ccc(-n4c5ccccc5c5ccccc54)cc3C12. The number of hydrogen-bond acceptors (Lipinski definition) is 6. The fraction of sp³-hybridized carbons (Fsp3) is 0.0208. The fourth-order valence-corrected chi connectivity index (χ4v) is 18.1. The second-order valence-electron chi connectivity index (χ2n) is 28.5. The van der Waals surface area contributed by atoms with Gasteiger partial charge < -0.3 is 40.5 Å². The monoisotopic (exact) mass is 1340 g/mol. The first-order valence-electron chi connectivity index (χ1n) is 35.8. The molecular formula is C96H53N3O6. The van der Waals surface area contributed by atoms with Gasteiger partial charge in [-0.1, -0.05) is 127 Å². The average Bonchev–Trinajstić information content (AvgIpc) is 1.61. The van der Waals surface area contributed by atoms with E-state index in [4.69, 9.17) is 26.8 Å². The summed E-state index contributed by atoms with van der Waals surface area (Å²) >= 11 is 0. The second-order valence-corrected chi connectivity index (χ2v) is 28.5. The molecule has 2 aliphatic rings. The minimum Gasteiger partial charge on any atom is -0.485 e. The van der Waals surface area contributed by atoms with E-state index in [9.17, 15) is 0 Å². The second kappa shape index (κ2) is 20.4. The summed E-state index contributed by atoms with van der Waals surface area (Å²) in [5, 5.41) is 17.5. The van der Waals surface area contributed by atoms with Gasteiger partial charge in [0.1, 0.15) is 67.5 Å². The minimum atomic E-state index is -0.204. The van der Waals surface area contributed by atoms with Crippen LogP contribution in [0.5, 0.6) is 5.75 Å². The van der Waals surface area contributed by atoms with Crippen molar-refractivity contribution in [3.63, 3.8) is 0 Å². The average molecular weight is 1340 g/mol. The van der Waals surface area contributed by atoms with E-state index >= 15 is 0 Å². The van der Waals surface area contributed by atoms with Gasteiger partial charge in [0, 0.05) is 109 Å². The number of para-hydroxylation sites is 6. The van der Waals surface area contributed by atoms with Crippen molar-refractivity contribution in [3.8, 4) is 56.2 Å². The molecule has 0 bridgehead atoms. The Morgan fingerprint density at radius 3 is 0.924 bits per heavy atom. The van der Waals surface area contributed by atoms with Gasteiger partial charge in [-0.2, -0.15) is 0 Å². The van der Waals surface area contributed by atoms with Crippen LogP contribution in [-0.4, -0.2) is 19.8 Å². The van der Waals surface area contributed by atoms with E-state index in [2.05, 4.69) is 323 Å². The first kappa shape index (κ1) is 55.7. The molecule has 9 heterocycles. The highest BCUT2D eigenvalue weighted by molar-refractivity contribution is 6.19. The summed E-state index contributed by atoms with van der Waals surface area (Å²) in [6.45, 7) is 0. The molecule has 488 valence electrons. The molecule has 25 rings (SSSR count). The third-order valence-corrected chi connectivity index (χ3v) is 22.9. The molecule has 0 N–H and O–H groups in total. The zero-order chi connectivity index (χ0) is 68.0. The quantitative estimate of drug-likeness (QED) is 0.165. The van der Waals surface area contributed by atoms with Crippen LogP contribution >= 0.6 is 0 Å². The first-order chi connectivity index (χ1) is 51.9. The summed E-state index contributed by atoms with van der Waals surface area (Å²) in [4.78, 5) is 0. The van der Waals surface area contributed by atoms with Crippen molar-refractivity contribution in [3.05, 3.63) is 313 Å². The Hall–Kier alpha value is -14.0. The summed E-state index contributed by atoms with van der Waals surface area (Å²) in [5.41, 5.74) is 25.8. The molecule has 23 aromatic rings. The Bertz CT molecular complexity index is 7510. The third-order valence-electron chi connectivity index (χ3n) is 22.9. The standard InChI is InChI=1S/C96H53N3O6/c1-7-19-79-61(13-1)62-14-2-8-20-80(62)97(79)58-28-34-88-70(43-58)76-49-91-73(46-94(76)103-88)67-40-52(25-31-85(67)100-91)55-37-56(53-26-32-86-68(41-53)74-47-95-77(50-92(74)101-86)71-44-59(29-35-89(71)104-95)98-81-21-9-3-15-63(81)64-16-4-10-22-82(64)98)39-57(38-55)54-27-33-87-69(42-54)75-48-96-78(51-93(75)102-87)72-45-60(30-36-90(72)105-96)99-83-23-11-5-17-65(83)66-18-6-12-24-84(66)99/h1-51,76,94H. The lowest BCUT2D eigenvalue weighted by molar-refractivity contribution is 0.287. The van der Waals surface area contributed by atoms with E-state index < -0.39 is 0 Å². The van der Waals surface area contributed by atoms with Gasteiger partial charge in [0.25, 0.3) is 0 Å². The maximum absolute atomic E-state index is 6.87. The molecule has 0 fully saturated rings. The van der Waals surface area contributed by atoms with Crippen LogP contribution in [0.3, 0.4) is 0 Å². The molecule has 0 spiro atoms. The van der Waals surface area contributed by atoms with Gasteiger partial charge in [0.05, 0.1) is 39.0 Å². The number of fused-ring (bicyclic) bond motifs is 27. The predicted octanol–water partition coefficient (Wildman–Crippen LogP) is 24.4. The van der Waals surface area contributed by atoms with Crippen molar-refractivity contribution in [2.45, 2.75) is 12.0 Å². The number of hydrogen-bond donors (Lipinski definition) is 0. The summed E-state index contributed by atoms with van der Waals surface area (Å²) in [6.07, 6.45) is 4.35. The summed E-state index contributed by atoms with van der Waals surface area (Å²) in [7, 11) is 0. The van der Waals surface area contributed by atoms with Gasteiger partial charge >= 0.3 is 0 Å². The molecule has 1 aliphatic heterocycles. The molecular weight excluding hydrogens is 1290 g/mol. The number of aromatic nitrogens is 3. The molecule has 8 aromatic heterocycles. The molecule has 0 saturated heterocycles. The highest BCUT2D eigenvalue weighted by Crippen LogP contribution is 2.47. The Balaban J connectivity index is 0.624. The van der Waals surface area contributed by atoms with Crippen molar-refractivity contribution in [2.75, 3.05) is 0 Å². The summed E-state index contributed by atoms with van der Waals surface area (Å²) in [6, 6.07) is 107. The van der Waals surface area contributed by atoms with Gasteiger partial charge in [-0.3, -0.25) is 0 Å². The molecule has 9 heteroatoms. The number of rotatable bonds is 6.